The molecule has 21 heavy (non-hydrogen) atoms. The van der Waals surface area contributed by atoms with E-state index in [1.807, 2.05) is 0 Å². The van der Waals surface area contributed by atoms with Crippen LogP contribution in [-0.2, 0) is 0 Å². The Hall–Kier alpha value is -1.70. The fourth-order valence-corrected chi connectivity index (χ4v) is 2.35. The molecule has 1 fully saturated rings. The van der Waals surface area contributed by atoms with E-state index in [1.54, 1.807) is 7.05 Å². The molecule has 1 aromatic rings. The van der Waals surface area contributed by atoms with Crippen molar-refractivity contribution >= 4 is 5.91 Å². The van der Waals surface area contributed by atoms with Crippen molar-refractivity contribution in [2.24, 2.45) is 0 Å². The highest BCUT2D eigenvalue weighted by molar-refractivity contribution is 5.95. The van der Waals surface area contributed by atoms with E-state index in [2.05, 4.69) is 5.32 Å². The maximum atomic E-state index is 13.6. The first-order valence-corrected chi connectivity index (χ1v) is 6.36. The average molecular weight is 308 g/mol. The largest absolute Gasteiger partial charge is 0.337 e. The zero-order valence-electron chi connectivity index (χ0n) is 11.2. The van der Waals surface area contributed by atoms with Gasteiger partial charge >= 0.3 is 0 Å². The SMILES string of the molecule is CNC1CCCN(C(=O)c2c(F)c(F)c(F)c(F)c2F)C1. The van der Waals surface area contributed by atoms with E-state index in [4.69, 9.17) is 0 Å². The van der Waals surface area contributed by atoms with Crippen molar-refractivity contribution in [1.82, 2.24) is 10.2 Å². The number of nitrogens with one attached hydrogen (secondary N) is 1. The number of halogens is 5. The first-order valence-electron chi connectivity index (χ1n) is 6.36. The van der Waals surface area contributed by atoms with Crippen LogP contribution in [0.25, 0.3) is 0 Å². The minimum absolute atomic E-state index is 0.0797. The second-order valence-electron chi connectivity index (χ2n) is 4.82. The number of rotatable bonds is 2. The lowest BCUT2D eigenvalue weighted by molar-refractivity contribution is 0.0685. The van der Waals surface area contributed by atoms with Gasteiger partial charge < -0.3 is 10.2 Å². The van der Waals surface area contributed by atoms with Crippen LogP contribution < -0.4 is 5.32 Å². The van der Waals surface area contributed by atoms with E-state index < -0.39 is 40.6 Å². The highest BCUT2D eigenvalue weighted by atomic mass is 19.2. The van der Waals surface area contributed by atoms with Crippen LogP contribution in [0.2, 0.25) is 0 Å². The summed E-state index contributed by atoms with van der Waals surface area (Å²) >= 11 is 0. The third-order valence-corrected chi connectivity index (χ3v) is 3.54. The van der Waals surface area contributed by atoms with Crippen LogP contribution in [0.5, 0.6) is 0 Å². The lowest BCUT2D eigenvalue weighted by atomic mass is 10.0. The molecule has 8 heteroatoms. The van der Waals surface area contributed by atoms with Crippen molar-refractivity contribution in [3.05, 3.63) is 34.6 Å². The molecule has 1 aliphatic rings. The summed E-state index contributed by atoms with van der Waals surface area (Å²) < 4.78 is 66.4. The van der Waals surface area contributed by atoms with E-state index in [9.17, 15) is 26.7 Å². The van der Waals surface area contributed by atoms with E-state index in [0.717, 1.165) is 11.3 Å². The van der Waals surface area contributed by atoms with Gasteiger partial charge in [-0.05, 0) is 19.9 Å². The van der Waals surface area contributed by atoms with Gasteiger partial charge in [-0.3, -0.25) is 4.79 Å². The molecule has 2 rings (SSSR count). The third kappa shape index (κ3) is 2.72. The summed E-state index contributed by atoms with van der Waals surface area (Å²) in [6.07, 6.45) is 1.34. The predicted octanol–water partition coefficient (Wildman–Crippen LogP) is 2.21. The summed E-state index contributed by atoms with van der Waals surface area (Å²) in [5.74, 6) is -11.9. The Balaban J connectivity index is 2.40. The number of hydrogen-bond donors (Lipinski definition) is 1. The van der Waals surface area contributed by atoms with Crippen LogP contribution in [0.3, 0.4) is 0 Å². The predicted molar refractivity (Wildman–Crippen MR) is 64.2 cm³/mol. The van der Waals surface area contributed by atoms with Crippen molar-refractivity contribution in [1.29, 1.82) is 0 Å². The fraction of sp³-hybridized carbons (Fsp3) is 0.462. The molecule has 0 radical (unpaired) electrons. The van der Waals surface area contributed by atoms with Crippen LogP contribution in [0.1, 0.15) is 23.2 Å². The number of carbonyl (C=O) groups excluding carboxylic acids is 1. The standard InChI is InChI=1S/C13H13F5N2O/c1-19-6-3-2-4-20(5-6)13(21)7-8(14)10(16)12(18)11(17)9(7)15/h6,19H,2-5H2,1H3. The molecule has 1 N–H and O–H groups in total. The van der Waals surface area contributed by atoms with Crippen molar-refractivity contribution < 1.29 is 26.7 Å². The number of likely N-dealkylation sites (tertiary alicyclic amines) is 1. The molecule has 1 atom stereocenters. The molecule has 1 saturated heterocycles. The number of piperidine rings is 1. The van der Waals surface area contributed by atoms with Gasteiger partial charge in [-0.15, -0.1) is 0 Å². The second-order valence-corrected chi connectivity index (χ2v) is 4.82. The van der Waals surface area contributed by atoms with Crippen molar-refractivity contribution in [2.45, 2.75) is 18.9 Å². The van der Waals surface area contributed by atoms with Gasteiger partial charge in [-0.25, -0.2) is 22.0 Å². The Morgan fingerprint density at radius 2 is 1.57 bits per heavy atom. The van der Waals surface area contributed by atoms with E-state index in [1.165, 1.54) is 0 Å². The number of nitrogens with zero attached hydrogens (tertiary/aromatic N) is 1. The summed E-state index contributed by atoms with van der Waals surface area (Å²) in [5, 5.41) is 2.91. The number of benzene rings is 1. The Morgan fingerprint density at radius 3 is 2.10 bits per heavy atom. The molecule has 1 aliphatic heterocycles. The Labute approximate surface area is 117 Å². The molecule has 0 bridgehead atoms. The maximum Gasteiger partial charge on any atom is 0.260 e. The summed E-state index contributed by atoms with van der Waals surface area (Å²) in [7, 11) is 1.66. The first-order chi connectivity index (χ1) is 9.88. The van der Waals surface area contributed by atoms with Crippen molar-refractivity contribution in [3.8, 4) is 0 Å². The quantitative estimate of drug-likeness (QED) is 0.516. The monoisotopic (exact) mass is 308 g/mol. The lowest BCUT2D eigenvalue weighted by Crippen LogP contribution is -2.47. The van der Waals surface area contributed by atoms with Gasteiger partial charge in [0.1, 0.15) is 5.56 Å². The maximum absolute atomic E-state index is 13.6. The van der Waals surface area contributed by atoms with Crippen LogP contribution in [0.4, 0.5) is 22.0 Å². The summed E-state index contributed by atoms with van der Waals surface area (Å²) in [6, 6.07) is -0.0797. The minimum Gasteiger partial charge on any atom is -0.337 e. The Bertz CT molecular complexity index is 549. The van der Waals surface area contributed by atoms with Gasteiger partial charge in [-0.2, -0.15) is 0 Å². The van der Waals surface area contributed by atoms with E-state index in [0.29, 0.717) is 6.42 Å². The zero-order valence-corrected chi connectivity index (χ0v) is 11.2. The lowest BCUT2D eigenvalue weighted by Gasteiger charge is -2.32. The molecule has 0 spiro atoms. The molecular formula is C13H13F5N2O. The molecule has 1 heterocycles. The van der Waals surface area contributed by atoms with E-state index in [-0.39, 0.29) is 19.1 Å². The van der Waals surface area contributed by atoms with Crippen LogP contribution in [0.15, 0.2) is 0 Å². The molecule has 116 valence electrons. The summed E-state index contributed by atoms with van der Waals surface area (Å²) in [6.45, 7) is 0.353. The highest BCUT2D eigenvalue weighted by Crippen LogP contribution is 2.25. The second kappa shape index (κ2) is 5.97. The first kappa shape index (κ1) is 15.7. The Kier molecular flexibility index (Phi) is 4.46. The van der Waals surface area contributed by atoms with Crippen LogP contribution >= 0.6 is 0 Å². The molecule has 1 unspecified atom stereocenters. The van der Waals surface area contributed by atoms with Crippen LogP contribution in [-0.4, -0.2) is 37.0 Å². The summed E-state index contributed by atoms with van der Waals surface area (Å²) in [5.41, 5.74) is -1.40. The topological polar surface area (TPSA) is 32.3 Å². The van der Waals surface area contributed by atoms with E-state index >= 15 is 0 Å². The van der Waals surface area contributed by atoms with Crippen molar-refractivity contribution in [3.63, 3.8) is 0 Å². The normalized spacial score (nSPS) is 19.0. The zero-order chi connectivity index (χ0) is 15.7. The average Bonchev–Trinajstić information content (AvgIpc) is 2.51. The molecule has 3 nitrogen and oxygen atoms in total. The van der Waals surface area contributed by atoms with Gasteiger partial charge in [0.25, 0.3) is 5.91 Å². The molecular weight excluding hydrogens is 295 g/mol. The smallest absolute Gasteiger partial charge is 0.260 e. The fourth-order valence-electron chi connectivity index (χ4n) is 2.35. The number of carbonyl (C=O) groups is 1. The highest BCUT2D eigenvalue weighted by Gasteiger charge is 2.33. The molecule has 1 aromatic carbocycles. The third-order valence-electron chi connectivity index (χ3n) is 3.54. The molecule has 0 saturated carbocycles. The molecule has 0 aromatic heterocycles. The van der Waals surface area contributed by atoms with Crippen LogP contribution in [0, 0.1) is 29.1 Å². The number of likely N-dealkylation sites (N-methyl/N-ethyl adjacent to an activating group) is 1. The molecule has 0 aliphatic carbocycles. The van der Waals surface area contributed by atoms with Gasteiger partial charge in [0.15, 0.2) is 23.3 Å². The minimum atomic E-state index is -2.27. The Morgan fingerprint density at radius 1 is 1.05 bits per heavy atom. The van der Waals surface area contributed by atoms with Gasteiger partial charge in [0.05, 0.1) is 0 Å². The molecule has 1 amide bonds. The van der Waals surface area contributed by atoms with Gasteiger partial charge in [0.2, 0.25) is 5.82 Å². The number of hydrogen-bond acceptors (Lipinski definition) is 2. The van der Waals surface area contributed by atoms with Gasteiger partial charge in [0, 0.05) is 19.1 Å². The van der Waals surface area contributed by atoms with Gasteiger partial charge in [-0.1, -0.05) is 0 Å². The summed E-state index contributed by atoms with van der Waals surface area (Å²) in [4.78, 5) is 13.2. The number of amides is 1. The van der Waals surface area contributed by atoms with Crippen molar-refractivity contribution in [2.75, 3.05) is 20.1 Å².